The zero-order chi connectivity index (χ0) is 13.9. The Morgan fingerprint density at radius 1 is 1.20 bits per heavy atom. The lowest BCUT2D eigenvalue weighted by atomic mass is 10.1. The molecule has 2 aromatic carbocycles. The fraction of sp³-hybridized carbons (Fsp3) is 0.235. The molecule has 0 unspecified atom stereocenters. The summed E-state index contributed by atoms with van der Waals surface area (Å²) in [4.78, 5) is 2.33. The second-order valence-corrected chi connectivity index (χ2v) is 5.18. The Morgan fingerprint density at radius 2 is 2.00 bits per heavy atom. The monoisotopic (exact) mass is 263 g/mol. The Labute approximate surface area is 119 Å². The molecule has 20 heavy (non-hydrogen) atoms. The number of fused-ring (bicyclic) bond motifs is 1. The van der Waals surface area contributed by atoms with E-state index in [9.17, 15) is 0 Å². The first-order valence-corrected chi connectivity index (χ1v) is 6.85. The van der Waals surface area contributed by atoms with Crippen LogP contribution < -0.4 is 10.2 Å². The molecule has 0 saturated carbocycles. The minimum Gasteiger partial charge on any atom is -0.382 e. The van der Waals surface area contributed by atoms with Crippen molar-refractivity contribution < 1.29 is 0 Å². The molecule has 1 heterocycles. The van der Waals surface area contributed by atoms with Crippen LogP contribution in [0.15, 0.2) is 42.5 Å². The first-order valence-electron chi connectivity index (χ1n) is 6.85. The summed E-state index contributed by atoms with van der Waals surface area (Å²) < 4.78 is 0. The predicted molar refractivity (Wildman–Crippen MR) is 81.9 cm³/mol. The Hall–Kier alpha value is -2.47. The smallest absolute Gasteiger partial charge is 0.0992 e. The number of hydrogen-bond acceptors (Lipinski definition) is 3. The minimum atomic E-state index is 0.710. The van der Waals surface area contributed by atoms with Crippen LogP contribution in [0.25, 0.3) is 0 Å². The maximum absolute atomic E-state index is 9.06. The van der Waals surface area contributed by atoms with Gasteiger partial charge >= 0.3 is 0 Å². The summed E-state index contributed by atoms with van der Waals surface area (Å²) in [6.07, 6.45) is 0. The van der Waals surface area contributed by atoms with E-state index < -0.39 is 0 Å². The Bertz CT molecular complexity index is 653. The van der Waals surface area contributed by atoms with Gasteiger partial charge in [-0.15, -0.1) is 0 Å². The topological polar surface area (TPSA) is 39.1 Å². The van der Waals surface area contributed by atoms with Gasteiger partial charge < -0.3 is 10.2 Å². The van der Waals surface area contributed by atoms with Crippen LogP contribution in [0.4, 0.5) is 11.4 Å². The molecule has 3 rings (SSSR count). The van der Waals surface area contributed by atoms with Crippen molar-refractivity contribution in [2.75, 3.05) is 23.3 Å². The molecule has 0 radical (unpaired) electrons. The first-order chi connectivity index (χ1) is 9.76. The third-order valence-electron chi connectivity index (χ3n) is 3.66. The Balaban J connectivity index is 1.89. The fourth-order valence-corrected chi connectivity index (χ4v) is 2.54. The van der Waals surface area contributed by atoms with Crippen LogP contribution in [0.2, 0.25) is 0 Å². The lowest BCUT2D eigenvalue weighted by molar-refractivity contribution is 0.787. The van der Waals surface area contributed by atoms with Crippen LogP contribution in [0.3, 0.4) is 0 Å². The Kier molecular flexibility index (Phi) is 3.30. The maximum atomic E-state index is 9.06. The molecule has 1 aliphatic heterocycles. The highest BCUT2D eigenvalue weighted by atomic mass is 15.2. The van der Waals surface area contributed by atoms with Crippen LogP contribution in [0.1, 0.15) is 16.7 Å². The van der Waals surface area contributed by atoms with Crippen LogP contribution in [0.5, 0.6) is 0 Å². The average molecular weight is 263 g/mol. The standard InChI is InChI=1S/C17H17N3/c1-13-2-4-14(5-3-13)12-20-9-8-19-16-7-6-15(11-18)10-17(16)20/h2-7,10,19H,8-9,12H2,1H3. The van der Waals surface area contributed by atoms with E-state index in [4.69, 9.17) is 5.26 Å². The summed E-state index contributed by atoms with van der Waals surface area (Å²) >= 11 is 0. The van der Waals surface area contributed by atoms with Gasteiger partial charge in [0.15, 0.2) is 0 Å². The lowest BCUT2D eigenvalue weighted by Gasteiger charge is -2.32. The highest BCUT2D eigenvalue weighted by molar-refractivity contribution is 5.73. The van der Waals surface area contributed by atoms with Gasteiger partial charge in [0.25, 0.3) is 0 Å². The lowest BCUT2D eigenvalue weighted by Crippen LogP contribution is -2.33. The average Bonchev–Trinajstić information content (AvgIpc) is 2.49. The normalized spacial score (nSPS) is 13.3. The summed E-state index contributed by atoms with van der Waals surface area (Å²) in [6, 6.07) is 16.7. The molecule has 100 valence electrons. The van der Waals surface area contributed by atoms with Crippen molar-refractivity contribution in [3.63, 3.8) is 0 Å². The minimum absolute atomic E-state index is 0.710. The van der Waals surface area contributed by atoms with E-state index in [-0.39, 0.29) is 0 Å². The molecule has 0 saturated heterocycles. The van der Waals surface area contributed by atoms with Crippen LogP contribution in [0, 0.1) is 18.3 Å². The highest BCUT2D eigenvalue weighted by Gasteiger charge is 2.17. The number of hydrogen-bond donors (Lipinski definition) is 1. The molecule has 0 atom stereocenters. The zero-order valence-corrected chi connectivity index (χ0v) is 11.6. The maximum Gasteiger partial charge on any atom is 0.0992 e. The van der Waals surface area contributed by atoms with Crippen molar-refractivity contribution in [1.82, 2.24) is 0 Å². The van der Waals surface area contributed by atoms with Crippen molar-refractivity contribution in [2.24, 2.45) is 0 Å². The van der Waals surface area contributed by atoms with Gasteiger partial charge in [0, 0.05) is 19.6 Å². The van der Waals surface area contributed by atoms with Crippen LogP contribution in [-0.4, -0.2) is 13.1 Å². The van der Waals surface area contributed by atoms with E-state index in [1.54, 1.807) is 0 Å². The largest absolute Gasteiger partial charge is 0.382 e. The number of benzene rings is 2. The zero-order valence-electron chi connectivity index (χ0n) is 11.6. The molecular weight excluding hydrogens is 246 g/mol. The van der Waals surface area contributed by atoms with E-state index in [2.05, 4.69) is 47.5 Å². The molecule has 0 spiro atoms. The molecule has 3 nitrogen and oxygen atoms in total. The molecule has 3 heteroatoms. The van der Waals surface area contributed by atoms with Gasteiger partial charge in [-0.3, -0.25) is 0 Å². The van der Waals surface area contributed by atoms with Crippen molar-refractivity contribution >= 4 is 11.4 Å². The quantitative estimate of drug-likeness (QED) is 0.903. The van der Waals surface area contributed by atoms with Crippen molar-refractivity contribution in [3.05, 3.63) is 59.2 Å². The molecule has 2 aromatic rings. The van der Waals surface area contributed by atoms with Gasteiger partial charge in [-0.05, 0) is 30.7 Å². The summed E-state index contributed by atoms with van der Waals surface area (Å²) in [5, 5.41) is 12.4. The molecule has 0 fully saturated rings. The van der Waals surface area contributed by atoms with E-state index in [0.717, 1.165) is 31.0 Å². The van der Waals surface area contributed by atoms with E-state index in [0.29, 0.717) is 5.56 Å². The van der Waals surface area contributed by atoms with Gasteiger partial charge in [0.2, 0.25) is 0 Å². The molecular formula is C17H17N3. The number of nitrogens with one attached hydrogen (secondary N) is 1. The van der Waals surface area contributed by atoms with Gasteiger partial charge in [0.05, 0.1) is 23.0 Å². The van der Waals surface area contributed by atoms with Crippen molar-refractivity contribution in [3.8, 4) is 6.07 Å². The van der Waals surface area contributed by atoms with E-state index in [1.807, 2.05) is 18.2 Å². The number of rotatable bonds is 2. The predicted octanol–water partition coefficient (Wildman–Crippen LogP) is 3.30. The van der Waals surface area contributed by atoms with Gasteiger partial charge in [-0.1, -0.05) is 29.8 Å². The second-order valence-electron chi connectivity index (χ2n) is 5.18. The molecule has 0 amide bonds. The fourth-order valence-electron chi connectivity index (χ4n) is 2.54. The van der Waals surface area contributed by atoms with E-state index >= 15 is 0 Å². The van der Waals surface area contributed by atoms with Crippen molar-refractivity contribution in [1.29, 1.82) is 5.26 Å². The summed E-state index contributed by atoms with van der Waals surface area (Å²) in [5.41, 5.74) is 5.52. The van der Waals surface area contributed by atoms with Gasteiger partial charge in [-0.25, -0.2) is 0 Å². The van der Waals surface area contributed by atoms with Gasteiger partial charge in [-0.2, -0.15) is 5.26 Å². The summed E-state index contributed by atoms with van der Waals surface area (Å²) in [5.74, 6) is 0. The Morgan fingerprint density at radius 3 is 2.75 bits per heavy atom. The third-order valence-corrected chi connectivity index (χ3v) is 3.66. The summed E-state index contributed by atoms with van der Waals surface area (Å²) in [7, 11) is 0. The number of nitrogens with zero attached hydrogens (tertiary/aromatic N) is 2. The second kappa shape index (κ2) is 5.26. The SMILES string of the molecule is Cc1ccc(CN2CCNc3ccc(C#N)cc32)cc1. The van der Waals surface area contributed by atoms with E-state index in [1.165, 1.54) is 11.1 Å². The molecule has 1 aliphatic rings. The number of nitriles is 1. The first kappa shape index (κ1) is 12.6. The molecule has 0 bridgehead atoms. The summed E-state index contributed by atoms with van der Waals surface area (Å²) in [6.45, 7) is 4.87. The molecule has 0 aromatic heterocycles. The third kappa shape index (κ3) is 2.46. The van der Waals surface area contributed by atoms with Gasteiger partial charge in [0.1, 0.15) is 0 Å². The molecule has 0 aliphatic carbocycles. The van der Waals surface area contributed by atoms with Crippen molar-refractivity contribution in [2.45, 2.75) is 13.5 Å². The van der Waals surface area contributed by atoms with Crippen LogP contribution in [-0.2, 0) is 6.54 Å². The highest BCUT2D eigenvalue weighted by Crippen LogP contribution is 2.31. The molecule has 1 N–H and O–H groups in total. The van der Waals surface area contributed by atoms with Crippen LogP contribution >= 0.6 is 0 Å². The number of aryl methyl sites for hydroxylation is 1. The number of anilines is 2.